The molecule has 0 aliphatic carbocycles. The molecule has 9 aromatic carbocycles. The molecule has 149 heavy (non-hydrogen) atoms. The predicted octanol–water partition coefficient (Wildman–Crippen LogP) is 7.35. The summed E-state index contributed by atoms with van der Waals surface area (Å²) >= 11 is 0. The van der Waals surface area contributed by atoms with Crippen LogP contribution in [0.5, 0.6) is 103 Å². The summed E-state index contributed by atoms with van der Waals surface area (Å²) < 4.78 is 4.96. The fourth-order valence-electron chi connectivity index (χ4n) is 11.5. The minimum atomic E-state index is -0.219. The number of benzene rings is 9. The molecule has 0 aliphatic rings. The highest BCUT2D eigenvalue weighted by Crippen LogP contribution is 2.39. The molecule has 9 heterocycles. The SMILES string of the molecule is CN(C)c1n[nH]c(Nc2ccc(O)c(O)c2)n1.CN(C)c1n[nH]c(Nc2ccc(O)c(O)c2)n1.CN(C)c1nnc(Nc2ccc(O)c(O)c2)n1C.CN(c1ccc(O)c(O)c1)c1n[nH]c(N)n1.CN(c1ccc(O)c(O)c1)c1nnc(N)n1C.CNc1n[nH]c(Nc2ccc(O)c(O)c2)n1.CNc1nc(N(C)c2ccc(O)c(O)c2)n[nH]1.Cn1c(N)nnc1Nc1ccc(O)c(O)c1.Nc1nc(Nc2ccc(O)c(O)c2)n[nH]1. The van der Waals surface area contributed by atoms with Crippen LogP contribution in [0.25, 0.3) is 0 Å². The second-order valence-electron chi connectivity index (χ2n) is 31.1. The van der Waals surface area contributed by atoms with Crippen molar-refractivity contribution in [2.75, 3.05) is 172 Å². The Morgan fingerprint density at radius 3 is 0.832 bits per heavy atom. The summed E-state index contributed by atoms with van der Waals surface area (Å²) in [5.74, 6) is 4.54. The molecule has 0 saturated carbocycles. The third-order valence-electron chi connectivity index (χ3n) is 19.6. The first-order valence-electron chi connectivity index (χ1n) is 42.9. The Hall–Kier alpha value is -22.0. The first-order valence-corrected chi connectivity index (χ1v) is 42.9. The van der Waals surface area contributed by atoms with E-state index in [1.807, 2.05) is 54.2 Å². The molecular formula is C86H109N45O18. The van der Waals surface area contributed by atoms with Crippen LogP contribution < -0.4 is 94.9 Å². The molecule has 18 aromatic rings. The van der Waals surface area contributed by atoms with Crippen LogP contribution in [-0.2, 0) is 21.1 Å². The number of nitrogen functional groups attached to an aromatic ring is 4. The van der Waals surface area contributed by atoms with Gasteiger partial charge in [-0.2, -0.15) is 29.9 Å². The Bertz CT molecular complexity index is 7330. The normalized spacial score (nSPS) is 10.3. The van der Waals surface area contributed by atoms with Gasteiger partial charge in [-0.1, -0.05) is 0 Å². The van der Waals surface area contributed by atoms with E-state index >= 15 is 0 Å². The van der Waals surface area contributed by atoms with Gasteiger partial charge in [0.25, 0.3) is 11.9 Å². The lowest BCUT2D eigenvalue weighted by atomic mass is 10.2. The van der Waals surface area contributed by atoms with Gasteiger partial charge in [0.2, 0.25) is 95.2 Å². The maximum atomic E-state index is 9.43. The van der Waals surface area contributed by atoms with E-state index in [1.165, 1.54) is 109 Å². The largest absolute Gasteiger partial charge is 0.504 e. The zero-order valence-corrected chi connectivity index (χ0v) is 81.5. The first-order chi connectivity index (χ1) is 70.7. The van der Waals surface area contributed by atoms with Crippen molar-refractivity contribution in [1.82, 2.24) is 135 Å². The molecule has 40 N–H and O–H groups in total. The molecule has 0 atom stereocenters. The van der Waals surface area contributed by atoms with Crippen molar-refractivity contribution in [3.8, 4) is 103 Å². The summed E-state index contributed by atoms with van der Waals surface area (Å²) in [7, 11) is 25.0. The maximum absolute atomic E-state index is 9.43. The van der Waals surface area contributed by atoms with Crippen molar-refractivity contribution in [3.05, 3.63) is 164 Å². The Morgan fingerprint density at radius 1 is 0.242 bits per heavy atom. The average molecular weight is 2060 g/mol. The lowest BCUT2D eigenvalue weighted by Crippen LogP contribution is -2.14. The van der Waals surface area contributed by atoms with E-state index in [1.54, 1.807) is 142 Å². The number of phenolic OH excluding ortho intramolecular Hbond substituents is 18. The third kappa shape index (κ3) is 30.5. The third-order valence-corrected chi connectivity index (χ3v) is 19.6. The van der Waals surface area contributed by atoms with E-state index in [0.717, 1.165) is 0 Å². The number of hydrogen-bond donors (Lipinski definition) is 36. The lowest BCUT2D eigenvalue weighted by Gasteiger charge is -2.17. The zero-order chi connectivity index (χ0) is 109. The van der Waals surface area contributed by atoms with Crippen LogP contribution in [0.15, 0.2) is 164 Å². The smallest absolute Gasteiger partial charge is 0.250 e. The highest BCUT2D eigenvalue weighted by molar-refractivity contribution is 5.69. The van der Waals surface area contributed by atoms with Crippen molar-refractivity contribution >= 4 is 158 Å². The number of nitrogens with two attached hydrogens (primary N) is 4. The zero-order valence-electron chi connectivity index (χ0n) is 81.5. The molecule has 63 heteroatoms. The summed E-state index contributed by atoms with van der Waals surface area (Å²) in [6, 6.07) is 39.7. The fraction of sp³-hybridized carbons (Fsp3) is 0.163. The van der Waals surface area contributed by atoms with Gasteiger partial charge in [0.05, 0.1) is 0 Å². The van der Waals surface area contributed by atoms with Gasteiger partial charge < -0.3 is 187 Å². The molecular weight excluding hydrogens is 1950 g/mol. The molecule has 0 saturated heterocycles. The predicted molar refractivity (Wildman–Crippen MR) is 553 cm³/mol. The van der Waals surface area contributed by atoms with Crippen molar-refractivity contribution < 1.29 is 91.9 Å². The molecule has 786 valence electrons. The second kappa shape index (κ2) is 49.7. The van der Waals surface area contributed by atoms with Crippen molar-refractivity contribution in [2.24, 2.45) is 21.1 Å². The van der Waals surface area contributed by atoms with Crippen LogP contribution in [0.3, 0.4) is 0 Å². The number of nitrogens with one attached hydrogen (secondary N) is 14. The molecule has 0 amide bonds. The van der Waals surface area contributed by atoms with Crippen LogP contribution >= 0.6 is 0 Å². The summed E-state index contributed by atoms with van der Waals surface area (Å²) in [4.78, 5) is 34.6. The van der Waals surface area contributed by atoms with Crippen molar-refractivity contribution in [1.29, 1.82) is 0 Å². The summed E-state index contributed by atoms with van der Waals surface area (Å²) in [6.07, 6.45) is 0. The summed E-state index contributed by atoms with van der Waals surface area (Å²) in [6.45, 7) is 0. The Kier molecular flexibility index (Phi) is 36.4. The second-order valence-corrected chi connectivity index (χ2v) is 31.1. The van der Waals surface area contributed by atoms with Crippen molar-refractivity contribution in [2.45, 2.75) is 0 Å². The van der Waals surface area contributed by atoms with Gasteiger partial charge in [-0.15, -0.1) is 61.2 Å². The maximum Gasteiger partial charge on any atom is 0.250 e. The summed E-state index contributed by atoms with van der Waals surface area (Å²) in [5, 5.41) is 252. The first kappa shape index (κ1) is 109. The van der Waals surface area contributed by atoms with Crippen LogP contribution in [0, 0.1) is 0 Å². The lowest BCUT2D eigenvalue weighted by molar-refractivity contribution is 0.404. The van der Waals surface area contributed by atoms with E-state index in [2.05, 4.69) is 164 Å². The summed E-state index contributed by atoms with van der Waals surface area (Å²) in [5.41, 5.74) is 27.3. The number of hydrogen-bond acceptors (Lipinski definition) is 54. The van der Waals surface area contributed by atoms with Gasteiger partial charge >= 0.3 is 0 Å². The van der Waals surface area contributed by atoms with Crippen molar-refractivity contribution in [3.63, 3.8) is 0 Å². The average Bonchev–Trinajstić information content (AvgIpc) is 1.70. The molecule has 63 nitrogen and oxygen atoms in total. The van der Waals surface area contributed by atoms with Gasteiger partial charge in [0, 0.05) is 204 Å². The van der Waals surface area contributed by atoms with E-state index in [9.17, 15) is 66.4 Å². The quantitative estimate of drug-likeness (QED) is 0.0220. The minimum absolute atomic E-state index is 0.159. The molecule has 18 rings (SSSR count). The van der Waals surface area contributed by atoms with E-state index in [0.29, 0.717) is 134 Å². The highest BCUT2D eigenvalue weighted by atomic mass is 16.3. The molecule has 0 spiro atoms. The van der Waals surface area contributed by atoms with Crippen LogP contribution in [0.4, 0.5) is 158 Å². The minimum Gasteiger partial charge on any atom is -0.504 e. The molecule has 0 aliphatic heterocycles. The van der Waals surface area contributed by atoms with E-state index in [-0.39, 0.29) is 127 Å². The Labute approximate surface area is 842 Å². The molecule has 0 radical (unpaired) electrons. The van der Waals surface area contributed by atoms with Crippen LogP contribution in [0.1, 0.15) is 0 Å². The molecule has 0 bridgehead atoms. The standard InChI is InChI=1S/C11H15N5O2.4C10H13N5O2.3C9H11N5O2.C8H9N5O2/c1-15(2)11-14-13-10(16(11)3)12-7-4-5-8(17)9(18)6-7;1-14(10-13-12-9(11)15(10)2)6-3-4-7(16)8(17)5-6;2*1-15(2)10-12-9(13-14-10)11-6-3-4-7(16)8(17)5-6;1-11-9-12-10(14-13-9)15(2)6-3-4-7(16)8(17)5-6;1-14(9-11-8(10)12-13-9)5-2-3-6(15)7(16)4-5;1-14-8(10)12-13-9(14)11-5-2-3-6(15)7(16)4-5;1-10-8-12-9(14-13-8)11-5-2-3-6(15)7(16)4-5;9-7-11-8(13-12-7)10-4-1-2-5(14)6(15)3-4/h4-6,17-18H,1-3H3,(H,12,13);3-5,16-17H,1-2H3,(H2,11,12);3*3-5,16-17H,1-2H3,(H2,11,12,13,14);2-4,15-16H,1H3,(H3,10,11,12,13);2-4,15-16H,1H3,(H2,10,12)(H,11,13);2-4,15-16H,1H3,(H3,10,11,12,13,14);1-3,14-15H,(H4,9,10,11,12,13). The number of rotatable bonds is 23. The number of aromatic amines is 6. The molecule has 0 fully saturated rings. The van der Waals surface area contributed by atoms with Gasteiger partial charge in [-0.05, 0) is 109 Å². The Morgan fingerprint density at radius 2 is 0.530 bits per heavy atom. The topological polar surface area (TPSA) is 925 Å². The number of aromatic nitrogens is 27. The number of nitrogens with zero attached hydrogens (tertiary/aromatic N) is 27. The number of H-pyrrole nitrogens is 6. The number of aromatic hydroxyl groups is 18. The van der Waals surface area contributed by atoms with Gasteiger partial charge in [-0.3, -0.25) is 13.7 Å². The fourth-order valence-corrected chi connectivity index (χ4v) is 11.5. The number of phenols is 18. The van der Waals surface area contributed by atoms with E-state index in [4.69, 9.17) is 48.5 Å². The number of anilines is 27. The monoisotopic (exact) mass is 2060 g/mol. The highest BCUT2D eigenvalue weighted by Gasteiger charge is 2.20. The van der Waals surface area contributed by atoms with E-state index < -0.39 is 0 Å². The molecule has 0 unspecified atom stereocenters. The molecule has 9 aromatic heterocycles. The van der Waals surface area contributed by atoms with Crippen LogP contribution in [0.2, 0.25) is 0 Å². The van der Waals surface area contributed by atoms with Gasteiger partial charge in [0.1, 0.15) is 0 Å². The van der Waals surface area contributed by atoms with Crippen LogP contribution in [-0.4, -0.2) is 305 Å². The Balaban J connectivity index is 0.000000171. The van der Waals surface area contributed by atoms with Gasteiger partial charge in [0.15, 0.2) is 103 Å². The van der Waals surface area contributed by atoms with Gasteiger partial charge in [-0.25, -0.2) is 30.6 Å².